The monoisotopic (exact) mass is 616 g/mol. The predicted octanol–water partition coefficient (Wildman–Crippen LogP) is 9.15. The maximum Gasteiger partial charge on any atom is 0.495 e. The molecule has 5 fully saturated rings. The average Bonchev–Trinajstić information content (AvgIpc) is 3.20. The fourth-order valence-corrected chi connectivity index (χ4v) is 9.19. The van der Waals surface area contributed by atoms with Gasteiger partial charge < -0.3 is 23.5 Å². The number of benzene rings is 2. The van der Waals surface area contributed by atoms with Gasteiger partial charge in [-0.3, -0.25) is 0 Å². The van der Waals surface area contributed by atoms with Gasteiger partial charge in [-0.1, -0.05) is 51.2 Å². The topological polar surface area (TPSA) is 46.2 Å². The number of ether oxygens (including phenoxy) is 3. The molecular weight excluding hydrogens is 559 g/mol. The first-order valence-corrected chi connectivity index (χ1v) is 17.9. The molecule has 0 unspecified atom stereocenters. The van der Waals surface area contributed by atoms with Crippen molar-refractivity contribution in [3.63, 3.8) is 0 Å². The molecule has 2 aromatic rings. The Labute approximate surface area is 273 Å². The van der Waals surface area contributed by atoms with Gasteiger partial charge in [0, 0.05) is 18.2 Å². The standard InChI is InChI=1S/C39H57BO5/c1-8-9-10-11-12-13-16-42-31-14-15-35(40-44-37(3,4)38(5,6)45-40)32(22-31)33-17-27(2)18-34(36(33)43-26-41-7)39-23-28-19-29(24-39)21-30(20-28)25-39/h14-15,17-18,22,28-30H,8-13,16,19-21,23-26H2,1-7H3. The minimum absolute atomic E-state index is 0.176. The Kier molecular flexibility index (Phi) is 9.68. The highest BCUT2D eigenvalue weighted by molar-refractivity contribution is 6.64. The minimum atomic E-state index is -0.489. The summed E-state index contributed by atoms with van der Waals surface area (Å²) < 4.78 is 31.9. The summed E-state index contributed by atoms with van der Waals surface area (Å²) in [5.74, 6) is 4.38. The van der Waals surface area contributed by atoms with Gasteiger partial charge in [0.1, 0.15) is 11.5 Å². The molecule has 5 nitrogen and oxygen atoms in total. The average molecular weight is 617 g/mol. The third-order valence-electron chi connectivity index (χ3n) is 11.8. The van der Waals surface area contributed by atoms with Crippen LogP contribution in [0.2, 0.25) is 0 Å². The molecule has 45 heavy (non-hydrogen) atoms. The zero-order valence-electron chi connectivity index (χ0n) is 29.1. The summed E-state index contributed by atoms with van der Waals surface area (Å²) in [6, 6.07) is 11.2. The molecule has 4 bridgehead atoms. The Balaban J connectivity index is 1.40. The zero-order valence-corrected chi connectivity index (χ0v) is 29.1. The van der Waals surface area contributed by atoms with Crippen molar-refractivity contribution in [3.8, 4) is 22.6 Å². The van der Waals surface area contributed by atoms with Crippen molar-refractivity contribution in [3.05, 3.63) is 41.5 Å². The highest BCUT2D eigenvalue weighted by atomic mass is 16.7. The van der Waals surface area contributed by atoms with E-state index in [-0.39, 0.29) is 12.2 Å². The fourth-order valence-electron chi connectivity index (χ4n) is 9.19. The molecule has 0 amide bonds. The summed E-state index contributed by atoms with van der Waals surface area (Å²) in [6.07, 6.45) is 15.5. The first-order chi connectivity index (χ1) is 21.5. The van der Waals surface area contributed by atoms with E-state index in [9.17, 15) is 0 Å². The van der Waals surface area contributed by atoms with Crippen molar-refractivity contribution in [1.29, 1.82) is 0 Å². The van der Waals surface area contributed by atoms with Crippen LogP contribution in [0.4, 0.5) is 0 Å². The van der Waals surface area contributed by atoms with E-state index < -0.39 is 18.3 Å². The molecule has 1 saturated heterocycles. The first kappa shape index (κ1) is 32.9. The van der Waals surface area contributed by atoms with Gasteiger partial charge in [0.05, 0.1) is 17.8 Å². The first-order valence-electron chi connectivity index (χ1n) is 17.9. The molecule has 0 spiro atoms. The maximum atomic E-state index is 6.66. The molecule has 6 heteroatoms. The van der Waals surface area contributed by atoms with Crippen molar-refractivity contribution in [2.45, 2.75) is 135 Å². The van der Waals surface area contributed by atoms with Crippen LogP contribution in [0.5, 0.6) is 11.5 Å². The van der Waals surface area contributed by atoms with E-state index >= 15 is 0 Å². The van der Waals surface area contributed by atoms with Crippen LogP contribution in [0.1, 0.15) is 123 Å². The highest BCUT2D eigenvalue weighted by Gasteiger charge is 2.54. The number of methoxy groups -OCH3 is 1. The van der Waals surface area contributed by atoms with Gasteiger partial charge in [-0.05, 0) is 138 Å². The number of aryl methyl sites for hydroxylation is 1. The summed E-state index contributed by atoms with van der Waals surface area (Å²) in [5, 5.41) is 0. The van der Waals surface area contributed by atoms with Crippen LogP contribution < -0.4 is 14.9 Å². The van der Waals surface area contributed by atoms with E-state index in [1.807, 2.05) is 0 Å². The minimum Gasteiger partial charge on any atom is -0.494 e. The molecule has 4 aliphatic carbocycles. The Hall–Kier alpha value is -2.02. The fraction of sp³-hybridized carbons (Fsp3) is 0.692. The van der Waals surface area contributed by atoms with Crippen LogP contribution in [-0.2, 0) is 19.5 Å². The van der Waals surface area contributed by atoms with E-state index in [0.29, 0.717) is 0 Å². The summed E-state index contributed by atoms with van der Waals surface area (Å²) in [7, 11) is 1.22. The van der Waals surface area contributed by atoms with Crippen LogP contribution in [-0.4, -0.2) is 38.8 Å². The van der Waals surface area contributed by atoms with Gasteiger partial charge in [-0.25, -0.2) is 0 Å². The molecule has 0 N–H and O–H groups in total. The molecule has 1 aliphatic heterocycles. The third kappa shape index (κ3) is 6.71. The second-order valence-electron chi connectivity index (χ2n) is 15.9. The van der Waals surface area contributed by atoms with Crippen molar-refractivity contribution >= 4 is 12.6 Å². The lowest BCUT2D eigenvalue weighted by Crippen LogP contribution is -2.48. The van der Waals surface area contributed by atoms with Crippen LogP contribution in [0.15, 0.2) is 30.3 Å². The molecule has 1 heterocycles. The van der Waals surface area contributed by atoms with E-state index in [0.717, 1.165) is 58.9 Å². The quantitative estimate of drug-likeness (QED) is 0.120. The van der Waals surface area contributed by atoms with Crippen molar-refractivity contribution < 1.29 is 23.5 Å². The number of unbranched alkanes of at least 4 members (excludes halogenated alkanes) is 5. The SMILES string of the molecule is CCCCCCCCOc1ccc(B2OC(C)(C)C(C)(C)O2)c(-c2cc(C)cc(C34CC5CC(CC(C5)C3)C4)c2OCOC)c1. The molecule has 0 aromatic heterocycles. The Morgan fingerprint density at radius 3 is 2.02 bits per heavy atom. The van der Waals surface area contributed by atoms with Gasteiger partial charge in [0.25, 0.3) is 0 Å². The largest absolute Gasteiger partial charge is 0.495 e. The van der Waals surface area contributed by atoms with Crippen LogP contribution >= 0.6 is 0 Å². The second-order valence-corrected chi connectivity index (χ2v) is 15.9. The summed E-state index contributed by atoms with van der Waals surface area (Å²) >= 11 is 0. The predicted molar refractivity (Wildman–Crippen MR) is 184 cm³/mol. The van der Waals surface area contributed by atoms with E-state index in [2.05, 4.69) is 71.9 Å². The van der Waals surface area contributed by atoms with Crippen LogP contribution in [0.3, 0.4) is 0 Å². The molecular formula is C39H57BO5. The lowest BCUT2D eigenvalue weighted by molar-refractivity contribution is -0.00877. The van der Waals surface area contributed by atoms with Crippen molar-refractivity contribution in [2.75, 3.05) is 20.5 Å². The van der Waals surface area contributed by atoms with Crippen LogP contribution in [0, 0.1) is 24.7 Å². The van der Waals surface area contributed by atoms with Gasteiger partial charge >= 0.3 is 7.12 Å². The van der Waals surface area contributed by atoms with Crippen molar-refractivity contribution in [1.82, 2.24) is 0 Å². The van der Waals surface area contributed by atoms with Gasteiger partial charge in [-0.15, -0.1) is 0 Å². The van der Waals surface area contributed by atoms with Gasteiger partial charge in [-0.2, -0.15) is 0 Å². The Morgan fingerprint density at radius 2 is 1.40 bits per heavy atom. The summed E-state index contributed by atoms with van der Waals surface area (Å²) in [4.78, 5) is 0. The molecule has 246 valence electrons. The smallest absolute Gasteiger partial charge is 0.494 e. The lowest BCUT2D eigenvalue weighted by atomic mass is 9.48. The van der Waals surface area contributed by atoms with E-state index in [1.54, 1.807) is 7.11 Å². The molecule has 0 radical (unpaired) electrons. The lowest BCUT2D eigenvalue weighted by Gasteiger charge is -2.57. The number of rotatable bonds is 14. The summed E-state index contributed by atoms with van der Waals surface area (Å²) in [5.41, 5.74) is 5.12. The molecule has 7 rings (SSSR count). The molecule has 5 aliphatic rings. The molecule has 0 atom stereocenters. The van der Waals surface area contributed by atoms with Gasteiger partial charge in [0.2, 0.25) is 0 Å². The third-order valence-corrected chi connectivity index (χ3v) is 11.8. The Bertz CT molecular complexity index is 1280. The van der Waals surface area contributed by atoms with Gasteiger partial charge in [0.15, 0.2) is 6.79 Å². The highest BCUT2D eigenvalue weighted by Crippen LogP contribution is 2.62. The Morgan fingerprint density at radius 1 is 0.778 bits per heavy atom. The number of hydrogen-bond donors (Lipinski definition) is 0. The summed E-state index contributed by atoms with van der Waals surface area (Å²) in [6.45, 7) is 13.9. The number of hydrogen-bond acceptors (Lipinski definition) is 5. The van der Waals surface area contributed by atoms with Crippen molar-refractivity contribution in [2.24, 2.45) is 17.8 Å². The maximum absolute atomic E-state index is 6.66. The van der Waals surface area contributed by atoms with E-state index in [1.165, 1.54) is 81.8 Å². The molecule has 4 saturated carbocycles. The van der Waals surface area contributed by atoms with Crippen LogP contribution in [0.25, 0.3) is 11.1 Å². The van der Waals surface area contributed by atoms with E-state index in [4.69, 9.17) is 23.5 Å². The molecule has 2 aromatic carbocycles. The second kappa shape index (κ2) is 13.2. The normalized spacial score (nSPS) is 27.7. The zero-order chi connectivity index (χ0) is 31.8.